The van der Waals surface area contributed by atoms with E-state index < -0.39 is 0 Å². The van der Waals surface area contributed by atoms with Gasteiger partial charge in [0.05, 0.1) is 0 Å². The van der Waals surface area contributed by atoms with Crippen molar-refractivity contribution in [2.24, 2.45) is 0 Å². The van der Waals surface area contributed by atoms with E-state index in [4.69, 9.17) is 10.3 Å². The van der Waals surface area contributed by atoms with E-state index in [1.165, 1.54) is 0 Å². The van der Waals surface area contributed by atoms with E-state index in [-0.39, 0.29) is 11.8 Å². The third kappa shape index (κ3) is 2.22. The molecule has 2 heterocycles. The minimum atomic E-state index is 0.132. The number of hydrogen-bond acceptors (Lipinski definition) is 6. The Morgan fingerprint density at radius 1 is 1.32 bits per heavy atom. The average Bonchev–Trinajstić information content (AvgIpc) is 3.01. The number of nitrogens with two attached hydrogens (primary N) is 1. The summed E-state index contributed by atoms with van der Waals surface area (Å²) in [6, 6.07) is 5.82. The normalized spacial score (nSPS) is 10.8. The first-order valence-corrected chi connectivity index (χ1v) is 6.21. The first-order valence-electron chi connectivity index (χ1n) is 5.42. The predicted molar refractivity (Wildman–Crippen MR) is 72.0 cm³/mol. The lowest BCUT2D eigenvalue weighted by molar-refractivity contribution is 0.429. The molecule has 0 aliphatic heterocycles. The summed E-state index contributed by atoms with van der Waals surface area (Å²) >= 11 is 3.47. The van der Waals surface area contributed by atoms with Gasteiger partial charge >= 0.3 is 0 Å². The highest BCUT2D eigenvalue weighted by Crippen LogP contribution is 2.25. The number of benzene rings is 1. The molecule has 0 bridgehead atoms. The Morgan fingerprint density at radius 3 is 2.84 bits per heavy atom. The molecule has 0 saturated carbocycles. The largest absolute Gasteiger partial charge is 0.366 e. The summed E-state index contributed by atoms with van der Waals surface area (Å²) in [4.78, 5) is 8.17. The summed E-state index contributed by atoms with van der Waals surface area (Å²) in [5, 5.41) is 10.2. The van der Waals surface area contributed by atoms with Gasteiger partial charge in [0.25, 0.3) is 5.89 Å². The van der Waals surface area contributed by atoms with Crippen molar-refractivity contribution in [2.75, 3.05) is 5.73 Å². The average molecular weight is 321 g/mol. The van der Waals surface area contributed by atoms with Crippen LogP contribution >= 0.6 is 15.9 Å². The summed E-state index contributed by atoms with van der Waals surface area (Å²) in [6.45, 7) is 2.01. The number of rotatable bonds is 2. The first kappa shape index (κ1) is 11.8. The molecule has 0 amide bonds. The van der Waals surface area contributed by atoms with E-state index in [2.05, 4.69) is 41.3 Å². The van der Waals surface area contributed by atoms with Gasteiger partial charge in [0.15, 0.2) is 0 Å². The van der Waals surface area contributed by atoms with Crippen molar-refractivity contribution in [1.29, 1.82) is 0 Å². The number of hydrogen-bond donors (Lipinski definition) is 2. The number of nitrogen functional groups attached to an aromatic ring is 1. The molecule has 0 atom stereocenters. The molecule has 8 heteroatoms. The number of aryl methyl sites for hydroxylation is 1. The van der Waals surface area contributed by atoms with Crippen LogP contribution in [0.3, 0.4) is 0 Å². The monoisotopic (exact) mass is 320 g/mol. The minimum Gasteiger partial charge on any atom is -0.366 e. The molecule has 96 valence electrons. The molecular weight excluding hydrogens is 312 g/mol. The molecule has 1 aromatic carbocycles. The van der Waals surface area contributed by atoms with E-state index in [9.17, 15) is 0 Å². The van der Waals surface area contributed by atoms with Gasteiger partial charge in [-0.2, -0.15) is 9.97 Å². The Bertz CT molecular complexity index is 734. The van der Waals surface area contributed by atoms with Crippen molar-refractivity contribution in [3.05, 3.63) is 28.2 Å². The fourth-order valence-corrected chi connectivity index (χ4v) is 1.92. The molecule has 0 aliphatic carbocycles. The van der Waals surface area contributed by atoms with Crippen LogP contribution in [-0.2, 0) is 0 Å². The topological polar surface area (TPSA) is 107 Å². The summed E-state index contributed by atoms with van der Waals surface area (Å²) in [7, 11) is 0. The molecular formula is C11H9BrN6O. The van der Waals surface area contributed by atoms with Gasteiger partial charge in [-0.3, -0.25) is 5.10 Å². The Labute approximate surface area is 116 Å². The standard InChI is InChI=1S/C11H9BrN6O/c1-5-2-3-6(4-7(5)12)8-14-10(19-18-8)9-15-11(13)17-16-9/h2-4H,1H3,(H3,13,15,16,17). The molecule has 19 heavy (non-hydrogen) atoms. The Morgan fingerprint density at radius 2 is 2.16 bits per heavy atom. The molecule has 7 nitrogen and oxygen atoms in total. The van der Waals surface area contributed by atoms with E-state index in [1.807, 2.05) is 25.1 Å². The number of nitrogens with zero attached hydrogens (tertiary/aromatic N) is 4. The zero-order valence-electron chi connectivity index (χ0n) is 9.88. The molecule has 3 rings (SSSR count). The number of anilines is 1. The summed E-state index contributed by atoms with van der Waals surface area (Å²) < 4.78 is 6.11. The third-order valence-corrected chi connectivity index (χ3v) is 3.42. The zero-order valence-corrected chi connectivity index (χ0v) is 11.5. The second-order valence-electron chi connectivity index (χ2n) is 3.93. The Balaban J connectivity index is 1.98. The number of nitrogens with one attached hydrogen (secondary N) is 1. The van der Waals surface area contributed by atoms with Crippen LogP contribution in [0, 0.1) is 6.92 Å². The molecule has 2 aromatic heterocycles. The van der Waals surface area contributed by atoms with Crippen molar-refractivity contribution in [3.8, 4) is 23.1 Å². The Kier molecular flexibility index (Phi) is 2.79. The van der Waals surface area contributed by atoms with Crippen LogP contribution < -0.4 is 5.73 Å². The molecule has 0 radical (unpaired) electrons. The van der Waals surface area contributed by atoms with Crippen molar-refractivity contribution in [3.63, 3.8) is 0 Å². The van der Waals surface area contributed by atoms with Crippen LogP contribution in [0.15, 0.2) is 27.2 Å². The lowest BCUT2D eigenvalue weighted by Crippen LogP contribution is -1.86. The van der Waals surface area contributed by atoms with Gasteiger partial charge < -0.3 is 10.3 Å². The van der Waals surface area contributed by atoms with E-state index in [0.29, 0.717) is 11.6 Å². The van der Waals surface area contributed by atoms with Gasteiger partial charge in [0, 0.05) is 10.0 Å². The molecule has 0 fully saturated rings. The minimum absolute atomic E-state index is 0.132. The van der Waals surface area contributed by atoms with Crippen LogP contribution in [0.4, 0.5) is 5.95 Å². The van der Waals surface area contributed by atoms with Gasteiger partial charge in [-0.25, -0.2) is 0 Å². The maximum atomic E-state index is 5.42. The second kappa shape index (κ2) is 4.47. The SMILES string of the molecule is Cc1ccc(-c2noc(-c3nc(N)n[nH]3)n2)cc1Br. The zero-order chi connectivity index (χ0) is 13.4. The lowest BCUT2D eigenvalue weighted by atomic mass is 10.1. The van der Waals surface area contributed by atoms with Gasteiger partial charge in [0.2, 0.25) is 17.6 Å². The number of aromatic nitrogens is 5. The third-order valence-electron chi connectivity index (χ3n) is 2.56. The fourth-order valence-electron chi connectivity index (χ4n) is 1.54. The van der Waals surface area contributed by atoms with Crippen LogP contribution in [0.25, 0.3) is 23.1 Å². The van der Waals surface area contributed by atoms with Crippen molar-refractivity contribution in [1.82, 2.24) is 25.3 Å². The highest BCUT2D eigenvalue weighted by atomic mass is 79.9. The summed E-state index contributed by atoms with van der Waals surface area (Å²) in [5.41, 5.74) is 7.40. The summed E-state index contributed by atoms with van der Waals surface area (Å²) in [5.74, 6) is 1.21. The highest BCUT2D eigenvalue weighted by Gasteiger charge is 2.14. The van der Waals surface area contributed by atoms with Crippen molar-refractivity contribution < 1.29 is 4.52 Å². The highest BCUT2D eigenvalue weighted by molar-refractivity contribution is 9.10. The van der Waals surface area contributed by atoms with E-state index in [0.717, 1.165) is 15.6 Å². The summed E-state index contributed by atoms with van der Waals surface area (Å²) in [6.07, 6.45) is 0. The van der Waals surface area contributed by atoms with Gasteiger partial charge in [-0.05, 0) is 18.6 Å². The van der Waals surface area contributed by atoms with Crippen molar-refractivity contribution >= 4 is 21.9 Å². The smallest absolute Gasteiger partial charge is 0.295 e. The lowest BCUT2D eigenvalue weighted by Gasteiger charge is -1.99. The molecule has 3 N–H and O–H groups in total. The predicted octanol–water partition coefficient (Wildman–Crippen LogP) is 2.17. The molecule has 0 saturated heterocycles. The number of H-pyrrole nitrogens is 1. The quantitative estimate of drug-likeness (QED) is 0.749. The molecule has 0 aliphatic rings. The number of halogens is 1. The van der Waals surface area contributed by atoms with Gasteiger partial charge in [0.1, 0.15) is 0 Å². The van der Waals surface area contributed by atoms with Crippen LogP contribution in [0.2, 0.25) is 0 Å². The molecule has 3 aromatic rings. The molecule has 0 unspecified atom stereocenters. The Hall–Kier alpha value is -2.22. The van der Waals surface area contributed by atoms with Crippen LogP contribution in [0.5, 0.6) is 0 Å². The van der Waals surface area contributed by atoms with Crippen molar-refractivity contribution in [2.45, 2.75) is 6.92 Å². The number of aromatic amines is 1. The van der Waals surface area contributed by atoms with E-state index in [1.54, 1.807) is 0 Å². The van der Waals surface area contributed by atoms with E-state index >= 15 is 0 Å². The van der Waals surface area contributed by atoms with Crippen LogP contribution in [-0.4, -0.2) is 25.3 Å². The van der Waals surface area contributed by atoms with Gasteiger partial charge in [-0.15, -0.1) is 5.10 Å². The van der Waals surface area contributed by atoms with Crippen LogP contribution in [0.1, 0.15) is 5.56 Å². The molecule has 0 spiro atoms. The van der Waals surface area contributed by atoms with Gasteiger partial charge in [-0.1, -0.05) is 33.2 Å². The second-order valence-corrected chi connectivity index (χ2v) is 4.78. The maximum Gasteiger partial charge on any atom is 0.295 e. The maximum absolute atomic E-state index is 5.42. The first-order chi connectivity index (χ1) is 9.13. The fraction of sp³-hybridized carbons (Fsp3) is 0.0909.